The maximum Gasteiger partial charge on any atom is 0.270 e. The van der Waals surface area contributed by atoms with Crippen LogP contribution >= 0.6 is 0 Å². The number of aromatic amines is 1. The summed E-state index contributed by atoms with van der Waals surface area (Å²) in [7, 11) is 2.05. The number of halogens is 2. The number of fused-ring (bicyclic) bond motifs is 1. The second-order valence-corrected chi connectivity index (χ2v) is 5.83. The number of piperazine rings is 1. The number of aromatic nitrogens is 1. The number of hydrogen-bond acceptors (Lipinski definition) is 2. The zero-order valence-electron chi connectivity index (χ0n) is 12.7. The molecule has 1 aliphatic heterocycles. The Morgan fingerprint density at radius 1 is 1.32 bits per heavy atom. The van der Waals surface area contributed by atoms with Crippen LogP contribution in [0, 0.1) is 11.6 Å². The minimum Gasteiger partial charge on any atom is -0.348 e. The lowest BCUT2D eigenvalue weighted by molar-refractivity contribution is 0.0537. The second-order valence-electron chi connectivity index (χ2n) is 5.83. The van der Waals surface area contributed by atoms with Crippen molar-refractivity contribution in [3.63, 3.8) is 0 Å². The lowest BCUT2D eigenvalue weighted by Gasteiger charge is -2.38. The number of likely N-dealkylation sites (N-methyl/N-ethyl adjacent to an activating group) is 1. The van der Waals surface area contributed by atoms with E-state index in [1.165, 1.54) is 12.1 Å². The third-order valence-corrected chi connectivity index (χ3v) is 4.41. The molecule has 1 saturated heterocycles. The first-order chi connectivity index (χ1) is 10.5. The molecule has 1 amide bonds. The van der Waals surface area contributed by atoms with Crippen LogP contribution in [0.3, 0.4) is 0 Å². The van der Waals surface area contributed by atoms with Crippen LogP contribution in [0.25, 0.3) is 10.9 Å². The van der Waals surface area contributed by atoms with Gasteiger partial charge >= 0.3 is 0 Å². The monoisotopic (exact) mass is 307 g/mol. The lowest BCUT2D eigenvalue weighted by Crippen LogP contribution is -2.53. The van der Waals surface area contributed by atoms with Crippen molar-refractivity contribution >= 4 is 16.8 Å². The van der Waals surface area contributed by atoms with Gasteiger partial charge in [-0.1, -0.05) is 6.92 Å². The summed E-state index contributed by atoms with van der Waals surface area (Å²) in [5, 5.41) is 0.377. The van der Waals surface area contributed by atoms with E-state index in [2.05, 4.69) is 23.9 Å². The topological polar surface area (TPSA) is 39.3 Å². The van der Waals surface area contributed by atoms with Gasteiger partial charge in [0.2, 0.25) is 0 Å². The number of amides is 1. The largest absolute Gasteiger partial charge is 0.348 e. The molecule has 2 heterocycles. The van der Waals surface area contributed by atoms with Gasteiger partial charge in [-0.3, -0.25) is 9.69 Å². The Kier molecular flexibility index (Phi) is 3.87. The fraction of sp³-hybridized carbons (Fsp3) is 0.438. The fourth-order valence-corrected chi connectivity index (χ4v) is 3.02. The fourth-order valence-electron chi connectivity index (χ4n) is 3.02. The Morgan fingerprint density at radius 3 is 2.82 bits per heavy atom. The molecule has 1 fully saturated rings. The minimum absolute atomic E-state index is 0.164. The predicted octanol–water partition coefficient (Wildman–Crippen LogP) is 2.61. The summed E-state index contributed by atoms with van der Waals surface area (Å²) in [6.07, 6.45) is 0.965. The van der Waals surface area contributed by atoms with Crippen LogP contribution in [-0.4, -0.2) is 53.4 Å². The molecule has 0 radical (unpaired) electrons. The van der Waals surface area contributed by atoms with Crippen molar-refractivity contribution in [1.82, 2.24) is 14.8 Å². The molecule has 6 heteroatoms. The van der Waals surface area contributed by atoms with E-state index in [-0.39, 0.29) is 11.4 Å². The molecule has 0 bridgehead atoms. The molecule has 2 aromatic rings. The Morgan fingerprint density at radius 2 is 2.09 bits per heavy atom. The van der Waals surface area contributed by atoms with Crippen molar-refractivity contribution in [3.05, 3.63) is 35.5 Å². The number of carbonyl (C=O) groups is 1. The van der Waals surface area contributed by atoms with Crippen LogP contribution in [-0.2, 0) is 0 Å². The summed E-state index contributed by atoms with van der Waals surface area (Å²) < 4.78 is 27.0. The summed E-state index contributed by atoms with van der Waals surface area (Å²) in [5.74, 6) is -1.49. The van der Waals surface area contributed by atoms with Gasteiger partial charge in [0.25, 0.3) is 5.91 Å². The molecule has 1 unspecified atom stereocenters. The summed E-state index contributed by atoms with van der Waals surface area (Å²) in [4.78, 5) is 19.4. The zero-order chi connectivity index (χ0) is 15.9. The molecule has 3 rings (SSSR count). The summed E-state index contributed by atoms with van der Waals surface area (Å²) in [6, 6.07) is 3.89. The molecule has 1 aliphatic rings. The van der Waals surface area contributed by atoms with Gasteiger partial charge in [0, 0.05) is 37.1 Å². The van der Waals surface area contributed by atoms with E-state index in [1.807, 2.05) is 0 Å². The van der Waals surface area contributed by atoms with Gasteiger partial charge in [0.05, 0.1) is 5.52 Å². The number of carbonyl (C=O) groups excluding carboxylic acids is 1. The highest BCUT2D eigenvalue weighted by Gasteiger charge is 2.27. The van der Waals surface area contributed by atoms with E-state index in [0.29, 0.717) is 30.2 Å². The Balaban J connectivity index is 1.87. The molecule has 0 spiro atoms. The number of rotatable bonds is 2. The quantitative estimate of drug-likeness (QED) is 0.926. The summed E-state index contributed by atoms with van der Waals surface area (Å²) in [5.41, 5.74) is 0.477. The first-order valence-corrected chi connectivity index (χ1v) is 7.47. The molecule has 4 nitrogen and oxygen atoms in total. The van der Waals surface area contributed by atoms with Gasteiger partial charge in [-0.15, -0.1) is 0 Å². The average molecular weight is 307 g/mol. The van der Waals surface area contributed by atoms with Crippen LogP contribution in [0.15, 0.2) is 18.2 Å². The van der Waals surface area contributed by atoms with Gasteiger partial charge in [-0.05, 0) is 25.6 Å². The molecule has 1 N–H and O–H groups in total. The van der Waals surface area contributed by atoms with E-state index in [1.54, 1.807) is 4.90 Å². The van der Waals surface area contributed by atoms with Gasteiger partial charge in [0.15, 0.2) is 0 Å². The molecule has 1 aromatic heterocycles. The highest BCUT2D eigenvalue weighted by atomic mass is 19.1. The van der Waals surface area contributed by atoms with E-state index < -0.39 is 11.6 Å². The van der Waals surface area contributed by atoms with Crippen LogP contribution < -0.4 is 0 Å². The third kappa shape index (κ3) is 2.59. The van der Waals surface area contributed by atoms with Gasteiger partial charge in [-0.25, -0.2) is 8.78 Å². The van der Waals surface area contributed by atoms with E-state index in [9.17, 15) is 13.6 Å². The number of H-pyrrole nitrogens is 1. The van der Waals surface area contributed by atoms with Crippen LogP contribution in [0.1, 0.15) is 23.8 Å². The van der Waals surface area contributed by atoms with Crippen molar-refractivity contribution in [3.8, 4) is 0 Å². The second kappa shape index (κ2) is 5.68. The smallest absolute Gasteiger partial charge is 0.270 e. The number of nitrogens with zero attached hydrogens (tertiary/aromatic N) is 2. The molecular formula is C16H19F2N3O. The highest BCUT2D eigenvalue weighted by Crippen LogP contribution is 2.22. The first kappa shape index (κ1) is 15.0. The summed E-state index contributed by atoms with van der Waals surface area (Å²) in [6.45, 7) is 4.19. The van der Waals surface area contributed by atoms with Crippen molar-refractivity contribution in [2.45, 2.75) is 19.4 Å². The first-order valence-electron chi connectivity index (χ1n) is 7.47. The Bertz CT molecular complexity index is 713. The van der Waals surface area contributed by atoms with Crippen molar-refractivity contribution in [2.24, 2.45) is 0 Å². The third-order valence-electron chi connectivity index (χ3n) is 4.41. The van der Waals surface area contributed by atoms with Gasteiger partial charge in [-0.2, -0.15) is 0 Å². The molecular weight excluding hydrogens is 288 g/mol. The van der Waals surface area contributed by atoms with Gasteiger partial charge in [0.1, 0.15) is 17.3 Å². The molecule has 0 aliphatic carbocycles. The molecule has 22 heavy (non-hydrogen) atoms. The number of hydrogen-bond donors (Lipinski definition) is 1. The van der Waals surface area contributed by atoms with Crippen molar-refractivity contribution in [1.29, 1.82) is 0 Å². The molecule has 0 saturated carbocycles. The minimum atomic E-state index is -0.682. The Labute approximate surface area is 127 Å². The SMILES string of the molecule is CCC1CN(C(=O)c2cc3cc(F)cc(F)c3[nH]2)CCN1C. The van der Waals surface area contributed by atoms with Crippen molar-refractivity contribution < 1.29 is 13.6 Å². The predicted molar refractivity (Wildman–Crippen MR) is 80.8 cm³/mol. The number of benzene rings is 1. The molecule has 1 atom stereocenters. The molecule has 118 valence electrons. The summed E-state index contributed by atoms with van der Waals surface area (Å²) >= 11 is 0. The zero-order valence-corrected chi connectivity index (χ0v) is 12.7. The maximum absolute atomic E-state index is 13.7. The van der Waals surface area contributed by atoms with E-state index >= 15 is 0 Å². The Hall–Kier alpha value is -1.95. The lowest BCUT2D eigenvalue weighted by atomic mass is 10.1. The van der Waals surface area contributed by atoms with Crippen LogP contribution in [0.5, 0.6) is 0 Å². The van der Waals surface area contributed by atoms with E-state index in [4.69, 9.17) is 0 Å². The van der Waals surface area contributed by atoms with Gasteiger partial charge < -0.3 is 9.88 Å². The average Bonchev–Trinajstić information content (AvgIpc) is 2.91. The maximum atomic E-state index is 13.7. The van der Waals surface area contributed by atoms with Crippen LogP contribution in [0.2, 0.25) is 0 Å². The molecule has 1 aromatic carbocycles. The van der Waals surface area contributed by atoms with E-state index in [0.717, 1.165) is 19.0 Å². The highest BCUT2D eigenvalue weighted by molar-refractivity contribution is 5.98. The van der Waals surface area contributed by atoms with Crippen LogP contribution in [0.4, 0.5) is 8.78 Å². The normalized spacial score (nSPS) is 19.8. The van der Waals surface area contributed by atoms with Crippen molar-refractivity contribution in [2.75, 3.05) is 26.7 Å². The number of nitrogens with one attached hydrogen (secondary N) is 1. The standard InChI is InChI=1S/C16H19F2N3O/c1-3-12-9-21(5-4-20(12)2)16(22)14-7-10-6-11(17)8-13(18)15(10)19-14/h6-8,12,19H,3-5,9H2,1-2H3.